The Hall–Kier alpha value is -2.96. The summed E-state index contributed by atoms with van der Waals surface area (Å²) in [5.74, 6) is -0.288. The van der Waals surface area contributed by atoms with E-state index in [2.05, 4.69) is 28.5 Å². The van der Waals surface area contributed by atoms with E-state index < -0.39 is 0 Å². The number of carbonyl (C=O) groups excluding carboxylic acids is 1. The van der Waals surface area contributed by atoms with Gasteiger partial charge in [0.1, 0.15) is 11.4 Å². The molecule has 4 aromatic rings. The Bertz CT molecular complexity index is 1410. The summed E-state index contributed by atoms with van der Waals surface area (Å²) < 4.78 is 1.37. The fourth-order valence-corrected chi connectivity index (χ4v) is 5.44. The van der Waals surface area contributed by atoms with Gasteiger partial charge in [-0.25, -0.2) is 4.98 Å². The normalized spacial score (nSPS) is 13.2. The number of hydrogen-bond acceptors (Lipinski definition) is 4. The molecule has 0 saturated heterocycles. The smallest absolute Gasteiger partial charge is 0.263 e. The first-order valence-electron chi connectivity index (χ1n) is 10.6. The van der Waals surface area contributed by atoms with Gasteiger partial charge in [0, 0.05) is 21.7 Å². The van der Waals surface area contributed by atoms with Crippen molar-refractivity contribution in [1.82, 2.24) is 9.55 Å². The molecular weight excluding hydrogens is 442 g/mol. The monoisotopic (exact) mass is 463 g/mol. The molecule has 0 bridgehead atoms. The number of nitrogens with zero attached hydrogens (tertiary/aromatic N) is 2. The highest BCUT2D eigenvalue weighted by atomic mass is 35.5. The number of carbonyl (C=O) groups is 1. The highest BCUT2D eigenvalue weighted by Gasteiger charge is 2.17. The van der Waals surface area contributed by atoms with Crippen LogP contribution in [0.25, 0.3) is 21.3 Å². The van der Waals surface area contributed by atoms with E-state index in [9.17, 15) is 9.59 Å². The van der Waals surface area contributed by atoms with Gasteiger partial charge in [-0.15, -0.1) is 11.3 Å². The van der Waals surface area contributed by atoms with Crippen LogP contribution in [0.5, 0.6) is 0 Å². The topological polar surface area (TPSA) is 64.0 Å². The number of aryl methyl sites for hydroxylation is 3. The number of fused-ring (bicyclic) bond motifs is 2. The van der Waals surface area contributed by atoms with Crippen LogP contribution in [0.3, 0.4) is 0 Å². The Morgan fingerprint density at radius 3 is 2.78 bits per heavy atom. The predicted octanol–water partition coefficient (Wildman–Crippen LogP) is 5.60. The molecule has 0 atom stereocenters. The average Bonchev–Trinajstić information content (AvgIpc) is 3.22. The molecule has 2 aromatic carbocycles. The van der Waals surface area contributed by atoms with Gasteiger partial charge in [-0.1, -0.05) is 29.8 Å². The second kappa shape index (κ2) is 8.52. The number of amides is 1. The SMILES string of the molecule is Cc1cc(Cl)ccc1NC(=O)Cn1cnc2scc(-c3ccc4c(c3)CCCC4)c2c1=O. The third-order valence-corrected chi connectivity index (χ3v) is 7.12. The number of rotatable bonds is 4. The lowest BCUT2D eigenvalue weighted by atomic mass is 9.89. The maximum atomic E-state index is 13.3. The lowest BCUT2D eigenvalue weighted by molar-refractivity contribution is -0.116. The van der Waals surface area contributed by atoms with Crippen LogP contribution < -0.4 is 10.9 Å². The summed E-state index contributed by atoms with van der Waals surface area (Å²) in [5.41, 5.74) is 6.03. The lowest BCUT2D eigenvalue weighted by Crippen LogP contribution is -2.28. The zero-order valence-corrected chi connectivity index (χ0v) is 19.2. The summed E-state index contributed by atoms with van der Waals surface area (Å²) in [5, 5.41) is 6.03. The van der Waals surface area contributed by atoms with Crippen LogP contribution in [-0.2, 0) is 24.2 Å². The van der Waals surface area contributed by atoms with Crippen molar-refractivity contribution in [3.05, 3.63) is 80.2 Å². The Balaban J connectivity index is 1.46. The molecule has 0 spiro atoms. The molecule has 2 aromatic heterocycles. The Morgan fingerprint density at radius 2 is 1.97 bits per heavy atom. The van der Waals surface area contributed by atoms with Gasteiger partial charge in [-0.3, -0.25) is 14.2 Å². The van der Waals surface area contributed by atoms with E-state index in [4.69, 9.17) is 11.6 Å². The van der Waals surface area contributed by atoms with E-state index in [0.29, 0.717) is 20.9 Å². The molecule has 0 unspecified atom stereocenters. The minimum atomic E-state index is -0.288. The van der Waals surface area contributed by atoms with Crippen molar-refractivity contribution in [3.63, 3.8) is 0 Å². The predicted molar refractivity (Wildman–Crippen MR) is 131 cm³/mol. The molecule has 0 fully saturated rings. The summed E-state index contributed by atoms with van der Waals surface area (Å²) in [6.07, 6.45) is 6.10. The average molecular weight is 464 g/mol. The number of nitrogens with one attached hydrogen (secondary N) is 1. The first kappa shape index (κ1) is 20.9. The Morgan fingerprint density at radius 1 is 1.16 bits per heavy atom. The van der Waals surface area contributed by atoms with Crippen LogP contribution in [0, 0.1) is 6.92 Å². The van der Waals surface area contributed by atoms with Crippen LogP contribution in [-0.4, -0.2) is 15.5 Å². The largest absolute Gasteiger partial charge is 0.324 e. The van der Waals surface area contributed by atoms with Crippen LogP contribution in [0.15, 0.2) is 52.9 Å². The van der Waals surface area contributed by atoms with Crippen molar-refractivity contribution in [2.75, 3.05) is 5.32 Å². The number of aromatic nitrogens is 2. The quantitative estimate of drug-likeness (QED) is 0.428. The van der Waals surface area contributed by atoms with Gasteiger partial charge in [0.25, 0.3) is 5.56 Å². The zero-order chi connectivity index (χ0) is 22.2. The lowest BCUT2D eigenvalue weighted by Gasteiger charge is -2.16. The van der Waals surface area contributed by atoms with Gasteiger partial charge in [-0.05, 0) is 73.1 Å². The molecule has 1 aliphatic rings. The summed E-state index contributed by atoms with van der Waals surface area (Å²) >= 11 is 7.44. The second-order valence-electron chi connectivity index (χ2n) is 8.21. The van der Waals surface area contributed by atoms with Crippen LogP contribution in [0.2, 0.25) is 5.02 Å². The highest BCUT2D eigenvalue weighted by molar-refractivity contribution is 7.17. The maximum Gasteiger partial charge on any atom is 0.263 e. The van der Waals surface area contributed by atoms with Gasteiger partial charge in [-0.2, -0.15) is 0 Å². The number of hydrogen-bond donors (Lipinski definition) is 1. The Labute approximate surface area is 194 Å². The summed E-state index contributed by atoms with van der Waals surface area (Å²) in [6, 6.07) is 11.8. The molecule has 162 valence electrons. The van der Waals surface area contributed by atoms with E-state index >= 15 is 0 Å². The van der Waals surface area contributed by atoms with E-state index in [1.165, 1.54) is 46.2 Å². The molecule has 0 radical (unpaired) electrons. The number of halogens is 1. The zero-order valence-electron chi connectivity index (χ0n) is 17.7. The molecule has 1 amide bonds. The molecule has 1 aliphatic carbocycles. The van der Waals surface area contributed by atoms with E-state index in [0.717, 1.165) is 29.5 Å². The summed E-state index contributed by atoms with van der Waals surface area (Å²) in [6.45, 7) is 1.76. The van der Waals surface area contributed by atoms with Gasteiger partial charge in [0.05, 0.1) is 11.7 Å². The van der Waals surface area contributed by atoms with Gasteiger partial charge >= 0.3 is 0 Å². The molecule has 2 heterocycles. The highest BCUT2D eigenvalue weighted by Crippen LogP contribution is 2.33. The van der Waals surface area contributed by atoms with Crippen molar-refractivity contribution in [3.8, 4) is 11.1 Å². The minimum Gasteiger partial charge on any atom is -0.324 e. The molecule has 5 rings (SSSR count). The molecule has 0 aliphatic heterocycles. The van der Waals surface area contributed by atoms with Crippen molar-refractivity contribution >= 4 is 44.7 Å². The fraction of sp³-hybridized carbons (Fsp3) is 0.240. The standard InChI is InChI=1S/C25H22ClN3O2S/c1-15-10-19(26)8-9-21(15)28-22(30)12-29-14-27-24-23(25(29)31)20(13-32-24)18-7-6-16-4-2-3-5-17(16)11-18/h6-11,13-14H,2-5,12H2,1H3,(H,28,30). The third kappa shape index (κ3) is 3.96. The van der Waals surface area contributed by atoms with Gasteiger partial charge in [0.15, 0.2) is 0 Å². The number of anilines is 1. The van der Waals surface area contributed by atoms with Crippen LogP contribution in [0.1, 0.15) is 29.5 Å². The molecule has 5 nitrogen and oxygen atoms in total. The minimum absolute atomic E-state index is 0.108. The fourth-order valence-electron chi connectivity index (χ4n) is 4.31. The Kier molecular flexibility index (Phi) is 5.57. The van der Waals surface area contributed by atoms with Crippen molar-refractivity contribution in [2.24, 2.45) is 0 Å². The van der Waals surface area contributed by atoms with E-state index in [1.54, 1.807) is 18.2 Å². The summed E-state index contributed by atoms with van der Waals surface area (Å²) in [4.78, 5) is 31.1. The maximum absolute atomic E-state index is 13.3. The number of thiophene rings is 1. The molecular formula is C25H22ClN3O2S. The third-order valence-electron chi connectivity index (χ3n) is 6.00. The van der Waals surface area contributed by atoms with Crippen molar-refractivity contribution in [1.29, 1.82) is 0 Å². The first-order valence-corrected chi connectivity index (χ1v) is 11.9. The van der Waals surface area contributed by atoms with Gasteiger partial charge < -0.3 is 5.32 Å². The van der Waals surface area contributed by atoms with E-state index in [-0.39, 0.29) is 18.0 Å². The summed E-state index contributed by atoms with van der Waals surface area (Å²) in [7, 11) is 0. The van der Waals surface area contributed by atoms with E-state index in [1.807, 2.05) is 12.3 Å². The van der Waals surface area contributed by atoms with Crippen molar-refractivity contribution < 1.29 is 4.79 Å². The molecule has 32 heavy (non-hydrogen) atoms. The van der Waals surface area contributed by atoms with Crippen LogP contribution in [0.4, 0.5) is 5.69 Å². The molecule has 0 saturated carbocycles. The first-order chi connectivity index (χ1) is 15.5. The van der Waals surface area contributed by atoms with Gasteiger partial charge in [0.2, 0.25) is 5.91 Å². The van der Waals surface area contributed by atoms with Crippen LogP contribution >= 0.6 is 22.9 Å². The molecule has 1 N–H and O–H groups in total. The molecule has 7 heteroatoms. The number of benzene rings is 2. The van der Waals surface area contributed by atoms with Crippen molar-refractivity contribution in [2.45, 2.75) is 39.2 Å². The second-order valence-corrected chi connectivity index (χ2v) is 9.50.